The van der Waals surface area contributed by atoms with E-state index in [1.165, 1.54) is 0 Å². The highest BCUT2D eigenvalue weighted by atomic mass is 31.0. The second kappa shape index (κ2) is 4.20. The van der Waals surface area contributed by atoms with Crippen molar-refractivity contribution in [2.75, 3.05) is 6.54 Å². The van der Waals surface area contributed by atoms with Crippen LogP contribution < -0.4 is 5.56 Å². The number of pyridine rings is 1. The van der Waals surface area contributed by atoms with Gasteiger partial charge in [-0.25, -0.2) is 0 Å². The van der Waals surface area contributed by atoms with Gasteiger partial charge in [-0.15, -0.1) is 0 Å². The zero-order chi connectivity index (χ0) is 12.7. The van der Waals surface area contributed by atoms with Crippen LogP contribution in [0.1, 0.15) is 16.7 Å². The molecule has 3 rings (SSSR count). The lowest BCUT2D eigenvalue weighted by Gasteiger charge is -2.25. The van der Waals surface area contributed by atoms with Crippen LogP contribution in [0.2, 0.25) is 0 Å². The Kier molecular flexibility index (Phi) is 2.66. The van der Waals surface area contributed by atoms with Crippen molar-refractivity contribution in [1.29, 1.82) is 5.26 Å². The molecule has 0 saturated carbocycles. The van der Waals surface area contributed by atoms with E-state index < -0.39 is 0 Å². The van der Waals surface area contributed by atoms with E-state index in [1.807, 2.05) is 12.1 Å². The van der Waals surface area contributed by atoms with Crippen LogP contribution in [0, 0.1) is 11.3 Å². The molecule has 2 aromatic rings. The van der Waals surface area contributed by atoms with E-state index in [1.54, 1.807) is 6.07 Å². The zero-order valence-electron chi connectivity index (χ0n) is 9.73. The maximum atomic E-state index is 12.1. The minimum absolute atomic E-state index is 0.0765. The van der Waals surface area contributed by atoms with Crippen LogP contribution in [0.25, 0.3) is 10.9 Å². The number of nitrogens with one attached hydrogen (secondary N) is 1. The number of rotatable bonds is 0. The molecule has 1 aliphatic rings. The fourth-order valence-electron chi connectivity index (χ4n) is 2.51. The molecule has 1 aliphatic heterocycles. The number of aromatic nitrogens is 1. The van der Waals surface area contributed by atoms with Crippen molar-refractivity contribution in [1.82, 2.24) is 9.65 Å². The van der Waals surface area contributed by atoms with Crippen molar-refractivity contribution in [3.8, 4) is 6.07 Å². The van der Waals surface area contributed by atoms with Gasteiger partial charge in [0, 0.05) is 24.0 Å². The van der Waals surface area contributed by atoms with Crippen LogP contribution in [0.5, 0.6) is 0 Å². The van der Waals surface area contributed by atoms with Crippen molar-refractivity contribution < 1.29 is 0 Å². The summed E-state index contributed by atoms with van der Waals surface area (Å²) >= 11 is 0. The Balaban J connectivity index is 2.40. The second-order valence-corrected chi connectivity index (χ2v) is 5.20. The van der Waals surface area contributed by atoms with E-state index >= 15 is 0 Å². The SMILES string of the molecule is N#Cc1cccc2c3c(c(=O)[nH]c12)CN(P)CC3. The summed E-state index contributed by atoms with van der Waals surface area (Å²) in [6.45, 7) is 1.55. The number of nitrogens with zero attached hydrogens (tertiary/aromatic N) is 2. The average Bonchev–Trinajstić information content (AvgIpc) is 2.38. The van der Waals surface area contributed by atoms with Crippen LogP contribution in [0.4, 0.5) is 0 Å². The highest BCUT2D eigenvalue weighted by Gasteiger charge is 2.20. The number of nitriles is 1. The molecule has 0 spiro atoms. The highest BCUT2D eigenvalue weighted by Crippen LogP contribution is 2.26. The van der Waals surface area contributed by atoms with E-state index in [-0.39, 0.29) is 5.56 Å². The molecule has 1 unspecified atom stereocenters. The molecule has 1 N–H and O–H groups in total. The molecule has 4 nitrogen and oxygen atoms in total. The molecule has 18 heavy (non-hydrogen) atoms. The number of H-pyrrole nitrogens is 1. The molecule has 0 amide bonds. The number of fused-ring (bicyclic) bond motifs is 3. The number of hydrogen-bond donors (Lipinski definition) is 1. The fourth-order valence-corrected chi connectivity index (χ4v) is 2.82. The quantitative estimate of drug-likeness (QED) is 0.728. The van der Waals surface area contributed by atoms with Gasteiger partial charge in [-0.2, -0.15) is 5.26 Å². The van der Waals surface area contributed by atoms with Gasteiger partial charge >= 0.3 is 0 Å². The van der Waals surface area contributed by atoms with Gasteiger partial charge in [-0.3, -0.25) is 9.46 Å². The van der Waals surface area contributed by atoms with Gasteiger partial charge in [0.1, 0.15) is 6.07 Å². The molecule has 0 fully saturated rings. The largest absolute Gasteiger partial charge is 0.320 e. The van der Waals surface area contributed by atoms with Crippen LogP contribution in [-0.2, 0) is 13.0 Å². The summed E-state index contributed by atoms with van der Waals surface area (Å²) in [5.74, 6) is 0. The van der Waals surface area contributed by atoms with Crippen LogP contribution in [0.15, 0.2) is 23.0 Å². The maximum absolute atomic E-state index is 12.1. The first-order valence-corrected chi connectivity index (χ1v) is 6.29. The van der Waals surface area contributed by atoms with E-state index in [0.717, 1.165) is 29.5 Å². The van der Waals surface area contributed by atoms with Crippen LogP contribution in [-0.4, -0.2) is 16.2 Å². The summed E-state index contributed by atoms with van der Waals surface area (Å²) in [5, 5.41) is 10.1. The second-order valence-electron chi connectivity index (χ2n) is 4.47. The van der Waals surface area contributed by atoms with E-state index in [0.29, 0.717) is 17.6 Å². The Morgan fingerprint density at radius 2 is 2.22 bits per heavy atom. The van der Waals surface area contributed by atoms with Crippen molar-refractivity contribution in [2.45, 2.75) is 13.0 Å². The van der Waals surface area contributed by atoms with Gasteiger partial charge in [0.2, 0.25) is 0 Å². The molecule has 1 atom stereocenters. The Morgan fingerprint density at radius 1 is 1.39 bits per heavy atom. The lowest BCUT2D eigenvalue weighted by molar-refractivity contribution is 0.442. The topological polar surface area (TPSA) is 59.9 Å². The predicted molar refractivity (Wildman–Crippen MR) is 73.1 cm³/mol. The third kappa shape index (κ3) is 1.64. The number of benzene rings is 1. The molecular formula is C13H12N3OP. The van der Waals surface area contributed by atoms with Crippen LogP contribution >= 0.6 is 9.39 Å². The monoisotopic (exact) mass is 257 g/mol. The molecular weight excluding hydrogens is 245 g/mol. The van der Waals surface area contributed by atoms with E-state index in [4.69, 9.17) is 5.26 Å². The number of hydrogen-bond acceptors (Lipinski definition) is 3. The van der Waals surface area contributed by atoms with Crippen molar-refractivity contribution >= 4 is 20.3 Å². The normalized spacial score (nSPS) is 15.3. The lowest BCUT2D eigenvalue weighted by Crippen LogP contribution is -2.29. The number of para-hydroxylation sites is 1. The van der Waals surface area contributed by atoms with Gasteiger partial charge in [0.05, 0.1) is 11.1 Å². The molecule has 90 valence electrons. The first-order valence-electron chi connectivity index (χ1n) is 5.77. The van der Waals surface area contributed by atoms with Crippen molar-refractivity contribution in [2.24, 2.45) is 0 Å². The molecule has 0 saturated heterocycles. The van der Waals surface area contributed by atoms with Gasteiger partial charge in [0.15, 0.2) is 0 Å². The lowest BCUT2D eigenvalue weighted by atomic mass is 9.96. The average molecular weight is 257 g/mol. The zero-order valence-corrected chi connectivity index (χ0v) is 10.9. The third-order valence-electron chi connectivity index (χ3n) is 3.40. The molecule has 2 heterocycles. The first kappa shape index (κ1) is 11.4. The molecule has 1 aromatic heterocycles. The highest BCUT2D eigenvalue weighted by molar-refractivity contribution is 7.13. The van der Waals surface area contributed by atoms with Gasteiger partial charge in [0.25, 0.3) is 5.56 Å². The molecule has 1 aromatic carbocycles. The van der Waals surface area contributed by atoms with E-state index in [9.17, 15) is 4.79 Å². The molecule has 0 radical (unpaired) electrons. The van der Waals surface area contributed by atoms with Crippen molar-refractivity contribution in [3.63, 3.8) is 0 Å². The van der Waals surface area contributed by atoms with Gasteiger partial charge in [-0.05, 0) is 18.1 Å². The minimum atomic E-state index is -0.0765. The Labute approximate surface area is 106 Å². The summed E-state index contributed by atoms with van der Waals surface area (Å²) in [6, 6.07) is 7.70. The summed E-state index contributed by atoms with van der Waals surface area (Å²) < 4.78 is 2.05. The first-order chi connectivity index (χ1) is 8.70. The standard InChI is InChI=1S/C13H12N3OP/c14-6-8-2-1-3-10-9-4-5-16(18)7-11(9)13(17)15-12(8)10/h1-3H,4-5,7,18H2,(H,15,17). The van der Waals surface area contributed by atoms with Gasteiger partial charge in [-0.1, -0.05) is 21.5 Å². The summed E-state index contributed by atoms with van der Waals surface area (Å²) in [5.41, 5.74) is 3.03. The smallest absolute Gasteiger partial charge is 0.253 e. The fraction of sp³-hybridized carbons (Fsp3) is 0.231. The Morgan fingerprint density at radius 3 is 3.00 bits per heavy atom. The minimum Gasteiger partial charge on any atom is -0.320 e. The summed E-state index contributed by atoms with van der Waals surface area (Å²) in [7, 11) is 2.63. The third-order valence-corrected chi connectivity index (χ3v) is 3.84. The predicted octanol–water partition coefficient (Wildman–Crippen LogP) is 1.55. The summed E-state index contributed by atoms with van der Waals surface area (Å²) in [6.07, 6.45) is 0.841. The van der Waals surface area contributed by atoms with Crippen LogP contribution in [0.3, 0.4) is 0 Å². The molecule has 5 heteroatoms. The van der Waals surface area contributed by atoms with E-state index in [2.05, 4.69) is 25.1 Å². The summed E-state index contributed by atoms with van der Waals surface area (Å²) in [4.78, 5) is 14.9. The molecule has 0 bridgehead atoms. The van der Waals surface area contributed by atoms with Crippen molar-refractivity contribution in [3.05, 3.63) is 45.2 Å². The number of aromatic amines is 1. The maximum Gasteiger partial charge on any atom is 0.253 e. The van der Waals surface area contributed by atoms with Gasteiger partial charge < -0.3 is 4.98 Å². The molecule has 0 aliphatic carbocycles. The Bertz CT molecular complexity index is 729. The Hall–Kier alpha value is -1.69.